The van der Waals surface area contributed by atoms with Crippen LogP contribution in [0, 0.1) is 0 Å². The molecule has 1 saturated heterocycles. The van der Waals surface area contributed by atoms with Gasteiger partial charge in [0.1, 0.15) is 23.6 Å². The quantitative estimate of drug-likeness (QED) is 0.546. The molecular weight excluding hydrogens is 398 g/mol. The Kier molecular flexibility index (Phi) is 4.38. The van der Waals surface area contributed by atoms with Crippen LogP contribution in [0.15, 0.2) is 33.8 Å². The number of fused-ring (bicyclic) bond motifs is 3. The zero-order valence-electron chi connectivity index (χ0n) is 15.6. The number of rotatable bonds is 4. The molecule has 0 radical (unpaired) electrons. The highest BCUT2D eigenvalue weighted by atomic mass is 35.5. The first-order valence-corrected chi connectivity index (χ1v) is 9.73. The van der Waals surface area contributed by atoms with E-state index < -0.39 is 6.04 Å². The number of aliphatic hydroxyl groups excluding tert-OH is 1. The molecule has 2 unspecified atom stereocenters. The Morgan fingerprint density at radius 1 is 1.38 bits per heavy atom. The predicted molar refractivity (Wildman–Crippen MR) is 105 cm³/mol. The van der Waals surface area contributed by atoms with Crippen LogP contribution >= 0.6 is 11.6 Å². The lowest BCUT2D eigenvalue weighted by atomic mass is 10.2. The molecule has 9 nitrogen and oxygen atoms in total. The van der Waals surface area contributed by atoms with E-state index in [1.165, 1.54) is 4.57 Å². The molecule has 5 rings (SSSR count). The number of hydrogen-bond donors (Lipinski definition) is 1. The highest BCUT2D eigenvalue weighted by Crippen LogP contribution is 2.30. The van der Waals surface area contributed by atoms with Crippen molar-refractivity contribution in [1.29, 1.82) is 0 Å². The summed E-state index contributed by atoms with van der Waals surface area (Å²) in [5.41, 5.74) is 1.63. The number of benzene rings is 1. The van der Waals surface area contributed by atoms with Crippen LogP contribution in [0.2, 0.25) is 5.02 Å². The van der Waals surface area contributed by atoms with E-state index in [1.54, 1.807) is 29.8 Å². The maximum absolute atomic E-state index is 13.4. The molecule has 0 bridgehead atoms. The van der Waals surface area contributed by atoms with Gasteiger partial charge < -0.3 is 14.4 Å². The summed E-state index contributed by atoms with van der Waals surface area (Å²) in [6, 6.07) is 4.80. The van der Waals surface area contributed by atoms with Gasteiger partial charge in [-0.05, 0) is 38.0 Å². The molecule has 0 saturated carbocycles. The highest BCUT2D eigenvalue weighted by molar-refractivity contribution is 6.31. The van der Waals surface area contributed by atoms with Gasteiger partial charge in [-0.1, -0.05) is 16.8 Å². The van der Waals surface area contributed by atoms with Crippen molar-refractivity contribution in [2.75, 3.05) is 13.2 Å². The fourth-order valence-electron chi connectivity index (χ4n) is 3.77. The summed E-state index contributed by atoms with van der Waals surface area (Å²) in [4.78, 5) is 22.2. The van der Waals surface area contributed by atoms with Gasteiger partial charge in [0.15, 0.2) is 0 Å². The van der Waals surface area contributed by atoms with Gasteiger partial charge in [0.05, 0.1) is 23.7 Å². The van der Waals surface area contributed by atoms with Crippen LogP contribution in [-0.2, 0) is 4.74 Å². The minimum atomic E-state index is -0.455. The van der Waals surface area contributed by atoms with Crippen LogP contribution in [0.1, 0.15) is 37.8 Å². The van der Waals surface area contributed by atoms with E-state index in [-0.39, 0.29) is 24.1 Å². The smallest absolute Gasteiger partial charge is 0.278 e. The van der Waals surface area contributed by atoms with Gasteiger partial charge in [0.25, 0.3) is 11.4 Å². The fourth-order valence-corrected chi connectivity index (χ4v) is 3.94. The molecule has 1 aromatic carbocycles. The van der Waals surface area contributed by atoms with Crippen LogP contribution in [0.4, 0.5) is 0 Å². The summed E-state index contributed by atoms with van der Waals surface area (Å²) >= 11 is 6.16. The molecule has 10 heteroatoms. The molecule has 0 aliphatic carbocycles. The van der Waals surface area contributed by atoms with Crippen LogP contribution in [0.3, 0.4) is 0 Å². The van der Waals surface area contributed by atoms with Crippen LogP contribution in [0.25, 0.3) is 28.1 Å². The first kappa shape index (κ1) is 18.3. The molecule has 4 heterocycles. The summed E-state index contributed by atoms with van der Waals surface area (Å²) in [6.07, 6.45) is 3.09. The number of ether oxygens (including phenoxy) is 1. The Morgan fingerprint density at radius 2 is 2.24 bits per heavy atom. The third-order valence-electron chi connectivity index (χ3n) is 5.21. The number of nitrogens with zero attached hydrogens (tertiary/aromatic N) is 5. The summed E-state index contributed by atoms with van der Waals surface area (Å²) in [7, 11) is 0. The monoisotopic (exact) mass is 415 g/mol. The first-order chi connectivity index (χ1) is 14.1. The maximum atomic E-state index is 13.4. The Labute approximate surface area is 169 Å². The number of imidazole rings is 1. The molecule has 1 aliphatic heterocycles. The average Bonchev–Trinajstić information content (AvgIpc) is 3.46. The lowest BCUT2D eigenvalue weighted by Crippen LogP contribution is -2.27. The van der Waals surface area contributed by atoms with Crippen molar-refractivity contribution in [3.63, 3.8) is 0 Å². The van der Waals surface area contributed by atoms with E-state index >= 15 is 0 Å². The van der Waals surface area contributed by atoms with Gasteiger partial charge in [-0.2, -0.15) is 4.98 Å². The second-order valence-corrected chi connectivity index (χ2v) is 7.55. The SMILES string of the molecule is CC(CO)n1c(=O)c2c(-c3noc(C4CCCO4)n3)ncn2c2ccc(Cl)cc21. The van der Waals surface area contributed by atoms with Gasteiger partial charge in [-0.25, -0.2) is 4.98 Å². The van der Waals surface area contributed by atoms with Crippen molar-refractivity contribution >= 4 is 28.2 Å². The predicted octanol–water partition coefficient (Wildman–Crippen LogP) is 2.76. The molecular formula is C19H18ClN5O4. The van der Waals surface area contributed by atoms with Gasteiger partial charge in [0, 0.05) is 11.6 Å². The number of aliphatic hydroxyl groups is 1. The van der Waals surface area contributed by atoms with E-state index in [0.717, 1.165) is 18.4 Å². The summed E-state index contributed by atoms with van der Waals surface area (Å²) in [5.74, 6) is 0.613. The van der Waals surface area contributed by atoms with Crippen LogP contribution < -0.4 is 5.56 Å². The summed E-state index contributed by atoms with van der Waals surface area (Å²) in [5, 5.41) is 14.2. The highest BCUT2D eigenvalue weighted by Gasteiger charge is 2.27. The van der Waals surface area contributed by atoms with Crippen molar-refractivity contribution in [3.8, 4) is 11.5 Å². The second-order valence-electron chi connectivity index (χ2n) is 7.11. The Morgan fingerprint density at radius 3 is 3.00 bits per heavy atom. The molecule has 150 valence electrons. The second kappa shape index (κ2) is 6.94. The molecule has 1 fully saturated rings. The largest absolute Gasteiger partial charge is 0.394 e. The lowest BCUT2D eigenvalue weighted by molar-refractivity contribution is 0.0835. The van der Waals surface area contributed by atoms with E-state index in [2.05, 4.69) is 15.1 Å². The Balaban J connectivity index is 1.77. The molecule has 2 atom stereocenters. The number of hydrogen-bond acceptors (Lipinski definition) is 7. The van der Waals surface area contributed by atoms with Crippen molar-refractivity contribution in [1.82, 2.24) is 24.1 Å². The van der Waals surface area contributed by atoms with Crippen molar-refractivity contribution in [3.05, 3.63) is 45.8 Å². The van der Waals surface area contributed by atoms with Crippen LogP contribution in [-0.4, -0.2) is 42.4 Å². The van der Waals surface area contributed by atoms with E-state index in [4.69, 9.17) is 20.9 Å². The molecule has 0 spiro atoms. The molecule has 1 aliphatic rings. The molecule has 4 aromatic rings. The van der Waals surface area contributed by atoms with Gasteiger partial charge in [-0.15, -0.1) is 0 Å². The minimum Gasteiger partial charge on any atom is -0.394 e. The standard InChI is InChI=1S/C19H18ClN5O4/c1-10(8-26)25-13-7-11(20)4-5-12(13)24-9-21-15(16(24)19(25)27)17-22-18(29-23-17)14-3-2-6-28-14/h4-5,7,9-10,14,26H,2-3,6,8H2,1H3. The first-order valence-electron chi connectivity index (χ1n) is 9.35. The fraction of sp³-hybridized carbons (Fsp3) is 0.368. The van der Waals surface area contributed by atoms with Crippen molar-refractivity contribution in [2.45, 2.75) is 31.9 Å². The van der Waals surface area contributed by atoms with Gasteiger partial charge in [-0.3, -0.25) is 13.8 Å². The van der Waals surface area contributed by atoms with Crippen molar-refractivity contribution < 1.29 is 14.4 Å². The zero-order valence-corrected chi connectivity index (χ0v) is 16.3. The summed E-state index contributed by atoms with van der Waals surface area (Å²) in [6.45, 7) is 2.22. The minimum absolute atomic E-state index is 0.202. The third-order valence-corrected chi connectivity index (χ3v) is 5.44. The lowest BCUT2D eigenvalue weighted by Gasteiger charge is -2.17. The van der Waals surface area contributed by atoms with Gasteiger partial charge >= 0.3 is 0 Å². The third kappa shape index (κ3) is 2.85. The topological polar surface area (TPSA) is 108 Å². The van der Waals surface area contributed by atoms with E-state index in [1.807, 2.05) is 6.07 Å². The molecule has 1 N–H and O–H groups in total. The van der Waals surface area contributed by atoms with E-state index in [0.29, 0.717) is 34.2 Å². The normalized spacial score (nSPS) is 18.1. The van der Waals surface area contributed by atoms with Crippen molar-refractivity contribution in [2.24, 2.45) is 0 Å². The maximum Gasteiger partial charge on any atom is 0.278 e. The number of halogens is 1. The van der Waals surface area contributed by atoms with Gasteiger partial charge in [0.2, 0.25) is 5.82 Å². The molecule has 0 amide bonds. The molecule has 29 heavy (non-hydrogen) atoms. The Bertz CT molecular complexity index is 1270. The summed E-state index contributed by atoms with van der Waals surface area (Å²) < 4.78 is 14.2. The zero-order chi connectivity index (χ0) is 20.1. The Hall–Kier alpha value is -2.75. The average molecular weight is 416 g/mol. The van der Waals surface area contributed by atoms with Crippen LogP contribution in [0.5, 0.6) is 0 Å². The molecule has 3 aromatic heterocycles. The number of aromatic nitrogens is 5. The van der Waals surface area contributed by atoms with E-state index in [9.17, 15) is 9.90 Å².